The number of rotatable bonds is 0. The predicted molar refractivity (Wildman–Crippen MR) is 47.2 cm³/mol. The fourth-order valence-electron chi connectivity index (χ4n) is 1.58. The Balaban J connectivity index is 2.43. The lowest BCUT2D eigenvalue weighted by Gasteiger charge is -1.99. The summed E-state index contributed by atoms with van der Waals surface area (Å²) < 4.78 is 0. The summed E-state index contributed by atoms with van der Waals surface area (Å²) >= 11 is 0. The van der Waals surface area contributed by atoms with Gasteiger partial charge in [0.1, 0.15) is 6.61 Å². The second-order valence-electron chi connectivity index (χ2n) is 2.98. The van der Waals surface area contributed by atoms with E-state index in [2.05, 4.69) is 4.98 Å². The van der Waals surface area contributed by atoms with Crippen molar-refractivity contribution in [1.29, 1.82) is 0 Å². The van der Waals surface area contributed by atoms with E-state index in [1.807, 2.05) is 24.4 Å². The summed E-state index contributed by atoms with van der Waals surface area (Å²) in [6.07, 6.45) is 3.62. The molecule has 0 unspecified atom stereocenters. The minimum Gasteiger partial charge on any atom is -0.337 e. The van der Waals surface area contributed by atoms with Gasteiger partial charge in [0.25, 0.3) is 0 Å². The first-order valence-electron chi connectivity index (χ1n) is 4.10. The molecule has 1 aromatic heterocycles. The molecule has 2 aromatic rings. The van der Waals surface area contributed by atoms with E-state index < -0.39 is 0 Å². The van der Waals surface area contributed by atoms with Gasteiger partial charge < -0.3 is 4.89 Å². The van der Waals surface area contributed by atoms with Crippen molar-refractivity contribution in [3.8, 4) is 5.75 Å². The van der Waals surface area contributed by atoms with E-state index in [4.69, 9.17) is 9.78 Å². The average molecular weight is 173 g/mol. The van der Waals surface area contributed by atoms with Gasteiger partial charge in [-0.25, -0.2) is 0 Å². The van der Waals surface area contributed by atoms with E-state index in [0.29, 0.717) is 6.61 Å². The fraction of sp³-hybridized carbons (Fsp3) is 0.100. The Bertz CT molecular complexity index is 467. The molecule has 0 saturated carbocycles. The van der Waals surface area contributed by atoms with Gasteiger partial charge in [-0.2, -0.15) is 4.89 Å². The largest absolute Gasteiger partial charge is 0.337 e. The molecule has 13 heavy (non-hydrogen) atoms. The summed E-state index contributed by atoms with van der Waals surface area (Å²) in [6, 6.07) is 5.91. The van der Waals surface area contributed by atoms with Crippen LogP contribution in [0.5, 0.6) is 5.75 Å². The number of benzene rings is 1. The maximum Gasteiger partial charge on any atom is 0.171 e. The predicted octanol–water partition coefficient (Wildman–Crippen LogP) is 2.06. The van der Waals surface area contributed by atoms with Crippen LogP contribution < -0.4 is 4.89 Å². The van der Waals surface area contributed by atoms with Crippen molar-refractivity contribution in [2.24, 2.45) is 0 Å². The molecule has 64 valence electrons. The van der Waals surface area contributed by atoms with Crippen LogP contribution in [-0.2, 0) is 11.5 Å². The normalized spacial score (nSPS) is 14.2. The van der Waals surface area contributed by atoms with Gasteiger partial charge in [-0.1, -0.05) is 6.07 Å². The van der Waals surface area contributed by atoms with Crippen LogP contribution in [0.4, 0.5) is 0 Å². The fourth-order valence-corrected chi connectivity index (χ4v) is 1.58. The van der Waals surface area contributed by atoms with Crippen LogP contribution in [-0.4, -0.2) is 4.98 Å². The summed E-state index contributed by atoms with van der Waals surface area (Å²) in [5.74, 6) is 0.806. The highest BCUT2D eigenvalue weighted by Crippen LogP contribution is 2.32. The Morgan fingerprint density at radius 3 is 3.23 bits per heavy atom. The first-order valence-corrected chi connectivity index (χ1v) is 4.10. The van der Waals surface area contributed by atoms with Crippen LogP contribution in [0.3, 0.4) is 0 Å². The zero-order valence-electron chi connectivity index (χ0n) is 6.86. The molecule has 3 nitrogen and oxygen atoms in total. The lowest BCUT2D eigenvalue weighted by atomic mass is 10.1. The molecule has 2 heterocycles. The van der Waals surface area contributed by atoms with Gasteiger partial charge in [0.15, 0.2) is 5.75 Å². The number of hydrogen-bond acceptors (Lipinski definition) is 3. The van der Waals surface area contributed by atoms with Gasteiger partial charge >= 0.3 is 0 Å². The molecule has 0 radical (unpaired) electrons. The molecule has 0 atom stereocenters. The Morgan fingerprint density at radius 2 is 2.23 bits per heavy atom. The molecule has 3 rings (SSSR count). The van der Waals surface area contributed by atoms with Crippen LogP contribution in [0.15, 0.2) is 30.6 Å². The van der Waals surface area contributed by atoms with E-state index in [0.717, 1.165) is 16.7 Å². The van der Waals surface area contributed by atoms with Gasteiger partial charge in [-0.05, 0) is 17.5 Å². The van der Waals surface area contributed by atoms with Crippen molar-refractivity contribution in [2.45, 2.75) is 6.61 Å². The second kappa shape index (κ2) is 2.44. The lowest BCUT2D eigenvalue weighted by molar-refractivity contribution is -0.194. The topological polar surface area (TPSA) is 31.4 Å². The lowest BCUT2D eigenvalue weighted by Crippen LogP contribution is -1.81. The SMILES string of the molecule is c1cc2ccc3c(c2cn1)COO3. The van der Waals surface area contributed by atoms with E-state index in [1.165, 1.54) is 5.39 Å². The van der Waals surface area contributed by atoms with Gasteiger partial charge in [-0.15, -0.1) is 0 Å². The van der Waals surface area contributed by atoms with Gasteiger partial charge in [0, 0.05) is 23.3 Å². The third-order valence-corrected chi connectivity index (χ3v) is 2.24. The third-order valence-electron chi connectivity index (χ3n) is 2.24. The minimum absolute atomic E-state index is 0.512. The van der Waals surface area contributed by atoms with E-state index in [9.17, 15) is 0 Å². The third kappa shape index (κ3) is 0.907. The molecule has 1 aromatic carbocycles. The van der Waals surface area contributed by atoms with Gasteiger partial charge in [0.2, 0.25) is 0 Å². The van der Waals surface area contributed by atoms with E-state index >= 15 is 0 Å². The van der Waals surface area contributed by atoms with E-state index in [1.54, 1.807) is 6.20 Å². The smallest absolute Gasteiger partial charge is 0.171 e. The van der Waals surface area contributed by atoms with Crippen molar-refractivity contribution >= 4 is 10.8 Å². The Morgan fingerprint density at radius 1 is 1.23 bits per heavy atom. The highest BCUT2D eigenvalue weighted by molar-refractivity contribution is 5.86. The standard InChI is InChI=1S/C10H7NO2/c1-2-10-9(6-12-13-10)8-5-11-4-3-7(1)8/h1-5H,6H2. The molecule has 0 N–H and O–H groups in total. The molecule has 3 heteroatoms. The van der Waals surface area contributed by atoms with Crippen LogP contribution in [0.25, 0.3) is 10.8 Å². The summed E-state index contributed by atoms with van der Waals surface area (Å²) in [5.41, 5.74) is 1.09. The van der Waals surface area contributed by atoms with Crippen molar-refractivity contribution in [3.05, 3.63) is 36.2 Å². The summed E-state index contributed by atoms with van der Waals surface area (Å²) in [6.45, 7) is 0.512. The quantitative estimate of drug-likeness (QED) is 0.571. The van der Waals surface area contributed by atoms with Crippen LogP contribution in [0.2, 0.25) is 0 Å². The molecule has 1 aliphatic heterocycles. The summed E-state index contributed by atoms with van der Waals surface area (Å²) in [4.78, 5) is 14.0. The van der Waals surface area contributed by atoms with E-state index in [-0.39, 0.29) is 0 Å². The Hall–Kier alpha value is -1.61. The van der Waals surface area contributed by atoms with Gasteiger partial charge in [0.05, 0.1) is 0 Å². The number of aromatic nitrogens is 1. The molecule has 0 bridgehead atoms. The Labute approximate surface area is 74.8 Å². The second-order valence-corrected chi connectivity index (χ2v) is 2.98. The monoisotopic (exact) mass is 173 g/mol. The highest BCUT2D eigenvalue weighted by atomic mass is 17.2. The summed E-state index contributed by atoms with van der Waals surface area (Å²) in [7, 11) is 0. The number of fused-ring (bicyclic) bond motifs is 3. The molecule has 0 aliphatic carbocycles. The van der Waals surface area contributed by atoms with Crippen LogP contribution in [0, 0.1) is 0 Å². The molecule has 0 spiro atoms. The molecular formula is C10H7NO2. The number of pyridine rings is 1. The van der Waals surface area contributed by atoms with Crippen molar-refractivity contribution in [3.63, 3.8) is 0 Å². The van der Waals surface area contributed by atoms with Crippen molar-refractivity contribution < 1.29 is 9.78 Å². The summed E-state index contributed by atoms with van der Waals surface area (Å²) in [5, 5.41) is 2.28. The van der Waals surface area contributed by atoms with Crippen LogP contribution >= 0.6 is 0 Å². The maximum atomic E-state index is 4.98. The zero-order chi connectivity index (χ0) is 8.67. The Kier molecular flexibility index (Phi) is 1.29. The van der Waals surface area contributed by atoms with Crippen molar-refractivity contribution in [1.82, 2.24) is 4.98 Å². The van der Waals surface area contributed by atoms with Crippen LogP contribution in [0.1, 0.15) is 5.56 Å². The first-order chi connectivity index (χ1) is 6.45. The molecular weight excluding hydrogens is 166 g/mol. The molecule has 0 saturated heterocycles. The maximum absolute atomic E-state index is 4.98. The first kappa shape index (κ1) is 6.86. The molecule has 1 aliphatic rings. The average Bonchev–Trinajstić information content (AvgIpc) is 2.65. The van der Waals surface area contributed by atoms with Crippen molar-refractivity contribution in [2.75, 3.05) is 0 Å². The number of hydrogen-bond donors (Lipinski definition) is 0. The minimum atomic E-state index is 0.512. The zero-order valence-corrected chi connectivity index (χ0v) is 6.86. The molecule has 0 amide bonds. The van der Waals surface area contributed by atoms with Gasteiger partial charge in [-0.3, -0.25) is 4.98 Å². The highest BCUT2D eigenvalue weighted by Gasteiger charge is 2.16. The molecule has 0 fully saturated rings. The number of nitrogens with zero attached hydrogens (tertiary/aromatic N) is 1.